The van der Waals surface area contributed by atoms with E-state index in [1.54, 1.807) is 12.4 Å². The third kappa shape index (κ3) is 3.22. The summed E-state index contributed by atoms with van der Waals surface area (Å²) in [6.07, 6.45) is 3.90. The standard InChI is InChI=1S/C24H24N6O/c1-14-10-21(23-27-18-11-16(3)17(4)12-19(18)28-23)29(13-14)24(31)22-15(2)6-5-7-20(22)30-25-8-9-26-30/h5-9,11-12,21H,1,10,13H2,2-4H3,(H,27,28)/t21-/m0/s1. The summed E-state index contributed by atoms with van der Waals surface area (Å²) in [7, 11) is 0. The molecular formula is C24H24N6O. The number of fused-ring (bicyclic) bond motifs is 1. The second-order valence-corrected chi connectivity index (χ2v) is 8.27. The number of aryl methyl sites for hydroxylation is 3. The second-order valence-electron chi connectivity index (χ2n) is 8.27. The van der Waals surface area contributed by atoms with Crippen LogP contribution in [-0.4, -0.2) is 42.3 Å². The summed E-state index contributed by atoms with van der Waals surface area (Å²) >= 11 is 0. The molecule has 1 aliphatic rings. The first-order valence-corrected chi connectivity index (χ1v) is 10.3. The maximum absolute atomic E-state index is 13.8. The van der Waals surface area contributed by atoms with Gasteiger partial charge < -0.3 is 9.88 Å². The summed E-state index contributed by atoms with van der Waals surface area (Å²) in [5, 5.41) is 8.47. The molecule has 31 heavy (non-hydrogen) atoms. The molecule has 1 N–H and O–H groups in total. The normalized spacial score (nSPS) is 16.4. The number of carbonyl (C=O) groups excluding carboxylic acids is 1. The van der Waals surface area contributed by atoms with Gasteiger partial charge in [0.2, 0.25) is 0 Å². The number of nitrogens with one attached hydrogen (secondary N) is 1. The lowest BCUT2D eigenvalue weighted by atomic mass is 10.0. The highest BCUT2D eigenvalue weighted by Gasteiger charge is 2.36. The average molecular weight is 412 g/mol. The van der Waals surface area contributed by atoms with Gasteiger partial charge in [-0.25, -0.2) is 4.98 Å². The van der Waals surface area contributed by atoms with E-state index in [-0.39, 0.29) is 11.9 Å². The van der Waals surface area contributed by atoms with Crippen LogP contribution in [0.3, 0.4) is 0 Å². The molecule has 1 aliphatic heterocycles. The first-order chi connectivity index (χ1) is 14.9. The summed E-state index contributed by atoms with van der Waals surface area (Å²) in [4.78, 5) is 25.4. The molecule has 4 aromatic rings. The lowest BCUT2D eigenvalue weighted by molar-refractivity contribution is 0.0732. The predicted molar refractivity (Wildman–Crippen MR) is 119 cm³/mol. The number of aromatic nitrogens is 5. The number of hydrogen-bond donors (Lipinski definition) is 1. The van der Waals surface area contributed by atoms with Gasteiger partial charge in [0.15, 0.2) is 0 Å². The highest BCUT2D eigenvalue weighted by atomic mass is 16.2. The molecule has 0 bridgehead atoms. The van der Waals surface area contributed by atoms with Crippen molar-refractivity contribution >= 4 is 16.9 Å². The molecule has 1 amide bonds. The van der Waals surface area contributed by atoms with E-state index in [2.05, 4.69) is 47.7 Å². The number of hydrogen-bond acceptors (Lipinski definition) is 4. The molecule has 0 spiro atoms. The highest BCUT2D eigenvalue weighted by Crippen LogP contribution is 2.36. The van der Waals surface area contributed by atoms with Crippen LogP contribution < -0.4 is 0 Å². The van der Waals surface area contributed by atoms with Gasteiger partial charge >= 0.3 is 0 Å². The maximum atomic E-state index is 13.8. The molecule has 1 fully saturated rings. The SMILES string of the molecule is C=C1C[C@@H](c2nc3cc(C)c(C)cc3[nH]2)N(C(=O)c2c(C)cccc2-n2nccn2)C1. The zero-order valence-electron chi connectivity index (χ0n) is 17.9. The lowest BCUT2D eigenvalue weighted by Gasteiger charge is -2.24. The summed E-state index contributed by atoms with van der Waals surface area (Å²) in [6, 6.07) is 9.73. The first-order valence-electron chi connectivity index (χ1n) is 10.3. The predicted octanol–water partition coefficient (Wildman–Crippen LogP) is 4.21. The Morgan fingerprint density at radius 1 is 1.10 bits per heavy atom. The van der Waals surface area contributed by atoms with Crippen LogP contribution in [0.1, 0.15) is 45.3 Å². The maximum Gasteiger partial charge on any atom is 0.257 e. The zero-order valence-corrected chi connectivity index (χ0v) is 17.9. The van der Waals surface area contributed by atoms with Crippen molar-refractivity contribution in [3.63, 3.8) is 0 Å². The van der Waals surface area contributed by atoms with E-state index < -0.39 is 0 Å². The molecule has 0 unspecified atom stereocenters. The Bertz CT molecular complexity index is 1280. The molecular weight excluding hydrogens is 388 g/mol. The van der Waals surface area contributed by atoms with Gasteiger partial charge in [-0.1, -0.05) is 24.3 Å². The Balaban J connectivity index is 1.57. The third-order valence-corrected chi connectivity index (χ3v) is 6.04. The van der Waals surface area contributed by atoms with Crippen LogP contribution in [0, 0.1) is 20.8 Å². The van der Waals surface area contributed by atoms with Crippen LogP contribution in [0.4, 0.5) is 0 Å². The molecule has 3 heterocycles. The topological polar surface area (TPSA) is 79.7 Å². The van der Waals surface area contributed by atoms with E-state index in [1.165, 1.54) is 15.9 Å². The number of nitrogens with zero attached hydrogens (tertiary/aromatic N) is 5. The van der Waals surface area contributed by atoms with Crippen molar-refractivity contribution in [1.29, 1.82) is 0 Å². The van der Waals surface area contributed by atoms with E-state index in [4.69, 9.17) is 4.98 Å². The number of rotatable bonds is 3. The molecule has 2 aromatic heterocycles. The minimum Gasteiger partial charge on any atom is -0.340 e. The molecule has 5 rings (SSSR count). The van der Waals surface area contributed by atoms with Crippen LogP contribution in [0.25, 0.3) is 16.7 Å². The van der Waals surface area contributed by atoms with Crippen molar-refractivity contribution in [2.75, 3.05) is 6.54 Å². The third-order valence-electron chi connectivity index (χ3n) is 6.04. The minimum absolute atomic E-state index is 0.0677. The van der Waals surface area contributed by atoms with Crippen LogP contribution in [-0.2, 0) is 0 Å². The average Bonchev–Trinajstić information content (AvgIpc) is 3.47. The van der Waals surface area contributed by atoms with Gasteiger partial charge in [-0.2, -0.15) is 15.0 Å². The fraction of sp³-hybridized carbons (Fsp3) is 0.250. The van der Waals surface area contributed by atoms with Crippen molar-refractivity contribution in [1.82, 2.24) is 29.9 Å². The van der Waals surface area contributed by atoms with E-state index in [0.29, 0.717) is 24.2 Å². The second kappa shape index (κ2) is 7.19. The fourth-order valence-corrected chi connectivity index (χ4v) is 4.28. The largest absolute Gasteiger partial charge is 0.340 e. The van der Waals surface area contributed by atoms with Crippen LogP contribution in [0.2, 0.25) is 0 Å². The molecule has 0 radical (unpaired) electrons. The monoisotopic (exact) mass is 412 g/mol. The molecule has 1 saturated heterocycles. The number of imidazole rings is 1. The summed E-state index contributed by atoms with van der Waals surface area (Å²) in [5.41, 5.74) is 7.47. The first kappa shape index (κ1) is 19.2. The van der Waals surface area contributed by atoms with Crippen molar-refractivity contribution < 1.29 is 4.79 Å². The number of H-pyrrole nitrogens is 1. The summed E-state index contributed by atoms with van der Waals surface area (Å²) in [5.74, 6) is 0.723. The van der Waals surface area contributed by atoms with E-state index >= 15 is 0 Å². The van der Waals surface area contributed by atoms with Gasteiger partial charge in [0.1, 0.15) is 5.82 Å². The molecule has 0 aliphatic carbocycles. The molecule has 7 nitrogen and oxygen atoms in total. The van der Waals surface area contributed by atoms with Crippen molar-refractivity contribution in [3.8, 4) is 5.69 Å². The molecule has 2 aromatic carbocycles. The number of benzene rings is 2. The van der Waals surface area contributed by atoms with Gasteiger partial charge in [0.05, 0.1) is 40.7 Å². The van der Waals surface area contributed by atoms with Crippen LogP contribution >= 0.6 is 0 Å². The highest BCUT2D eigenvalue weighted by molar-refractivity contribution is 5.99. The Morgan fingerprint density at radius 3 is 2.61 bits per heavy atom. The van der Waals surface area contributed by atoms with Crippen molar-refractivity contribution in [2.24, 2.45) is 0 Å². The molecule has 156 valence electrons. The fourth-order valence-electron chi connectivity index (χ4n) is 4.28. The molecule has 0 saturated carbocycles. The van der Waals surface area contributed by atoms with Gasteiger partial charge in [-0.3, -0.25) is 4.79 Å². The lowest BCUT2D eigenvalue weighted by Crippen LogP contribution is -2.32. The van der Waals surface area contributed by atoms with Gasteiger partial charge in [0, 0.05) is 6.54 Å². The van der Waals surface area contributed by atoms with E-state index in [9.17, 15) is 4.79 Å². The number of amides is 1. The number of aromatic amines is 1. The van der Waals surface area contributed by atoms with Gasteiger partial charge in [-0.05, 0) is 62.1 Å². The Morgan fingerprint density at radius 2 is 1.84 bits per heavy atom. The molecule has 1 atom stereocenters. The Labute approximate surface area is 180 Å². The smallest absolute Gasteiger partial charge is 0.257 e. The van der Waals surface area contributed by atoms with Crippen LogP contribution in [0.5, 0.6) is 0 Å². The molecule has 7 heteroatoms. The van der Waals surface area contributed by atoms with E-state index in [1.807, 2.05) is 30.0 Å². The van der Waals surface area contributed by atoms with E-state index in [0.717, 1.165) is 28.0 Å². The summed E-state index contributed by atoms with van der Waals surface area (Å²) in [6.45, 7) is 10.8. The Hall–Kier alpha value is -3.74. The van der Waals surface area contributed by atoms with Crippen LogP contribution in [0.15, 0.2) is 54.9 Å². The quantitative estimate of drug-likeness (QED) is 0.511. The summed E-state index contributed by atoms with van der Waals surface area (Å²) < 4.78 is 0. The minimum atomic E-state index is -0.189. The van der Waals surface area contributed by atoms with Gasteiger partial charge in [-0.15, -0.1) is 0 Å². The van der Waals surface area contributed by atoms with Crippen molar-refractivity contribution in [3.05, 3.63) is 83.0 Å². The van der Waals surface area contributed by atoms with Gasteiger partial charge in [0.25, 0.3) is 5.91 Å². The van der Waals surface area contributed by atoms with Crippen molar-refractivity contribution in [2.45, 2.75) is 33.2 Å². The number of likely N-dealkylation sites (tertiary alicyclic amines) is 1. The zero-order chi connectivity index (χ0) is 21.7. The Kier molecular flexibility index (Phi) is 4.46. The number of carbonyl (C=O) groups is 1.